The normalized spacial score (nSPS) is 15.2. The van der Waals surface area contributed by atoms with Crippen LogP contribution in [0.1, 0.15) is 44.6 Å². The first-order chi connectivity index (χ1) is 12.1. The lowest BCUT2D eigenvalue weighted by molar-refractivity contribution is 0.569. The third-order valence-electron chi connectivity index (χ3n) is 4.92. The zero-order chi connectivity index (χ0) is 17.4. The molecule has 1 saturated heterocycles. The van der Waals surface area contributed by atoms with Gasteiger partial charge in [-0.15, -0.1) is 0 Å². The Morgan fingerprint density at radius 1 is 1.04 bits per heavy atom. The van der Waals surface area contributed by atoms with E-state index in [0.717, 1.165) is 35.7 Å². The lowest BCUT2D eigenvalue weighted by Crippen LogP contribution is -2.31. The van der Waals surface area contributed by atoms with Crippen molar-refractivity contribution in [2.75, 3.05) is 23.7 Å². The summed E-state index contributed by atoms with van der Waals surface area (Å²) in [7, 11) is 0. The fourth-order valence-electron chi connectivity index (χ4n) is 3.41. The van der Waals surface area contributed by atoms with E-state index in [1.54, 1.807) is 0 Å². The van der Waals surface area contributed by atoms with Gasteiger partial charge in [0.05, 0.1) is 11.1 Å². The van der Waals surface area contributed by atoms with Crippen molar-refractivity contribution < 1.29 is 0 Å². The number of H-pyrrole nitrogens is 1. The van der Waals surface area contributed by atoms with Gasteiger partial charge in [0.15, 0.2) is 5.65 Å². The lowest BCUT2D eigenvalue weighted by atomic mass is 10.00. The largest absolute Gasteiger partial charge is 0.383 e. The average molecular weight is 336 g/mol. The van der Waals surface area contributed by atoms with Crippen molar-refractivity contribution in [3.8, 4) is 11.3 Å². The summed E-state index contributed by atoms with van der Waals surface area (Å²) in [4.78, 5) is 11.8. The van der Waals surface area contributed by atoms with Gasteiger partial charge in [-0.05, 0) is 30.7 Å². The number of benzene rings is 1. The molecule has 0 atom stereocenters. The Hall–Kier alpha value is -2.63. The van der Waals surface area contributed by atoms with Gasteiger partial charge in [-0.3, -0.25) is 5.10 Å². The molecule has 0 spiro atoms. The molecular formula is C19H24N6. The molecule has 3 N–H and O–H groups in total. The van der Waals surface area contributed by atoms with Crippen LogP contribution in [0.5, 0.6) is 0 Å². The zero-order valence-corrected chi connectivity index (χ0v) is 14.8. The molecule has 130 valence electrons. The Morgan fingerprint density at radius 3 is 2.44 bits per heavy atom. The minimum atomic E-state index is 0.502. The molecule has 1 aliphatic rings. The third kappa shape index (κ3) is 2.92. The number of nitrogens with zero attached hydrogens (tertiary/aromatic N) is 4. The molecule has 0 unspecified atom stereocenters. The highest BCUT2D eigenvalue weighted by atomic mass is 15.3. The molecule has 1 fully saturated rings. The molecule has 6 heteroatoms. The first kappa shape index (κ1) is 15.9. The van der Waals surface area contributed by atoms with E-state index in [2.05, 4.69) is 58.2 Å². The van der Waals surface area contributed by atoms with Crippen molar-refractivity contribution in [3.05, 3.63) is 29.8 Å². The van der Waals surface area contributed by atoms with Crippen LogP contribution in [-0.2, 0) is 0 Å². The fraction of sp³-hybridized carbons (Fsp3) is 0.421. The highest BCUT2D eigenvalue weighted by Gasteiger charge is 2.20. The van der Waals surface area contributed by atoms with E-state index in [1.807, 2.05) is 0 Å². The molecule has 4 rings (SSSR count). The molecule has 0 aliphatic carbocycles. The highest BCUT2D eigenvalue weighted by Crippen LogP contribution is 2.32. The average Bonchev–Trinajstić information content (AvgIpc) is 3.03. The van der Waals surface area contributed by atoms with Gasteiger partial charge in [0.1, 0.15) is 5.82 Å². The number of hydrogen-bond donors (Lipinski definition) is 2. The second kappa shape index (κ2) is 6.35. The van der Waals surface area contributed by atoms with Crippen LogP contribution in [0.3, 0.4) is 0 Å². The number of rotatable bonds is 3. The van der Waals surface area contributed by atoms with E-state index in [-0.39, 0.29) is 0 Å². The van der Waals surface area contributed by atoms with Gasteiger partial charge in [0, 0.05) is 18.7 Å². The van der Waals surface area contributed by atoms with Gasteiger partial charge >= 0.3 is 0 Å². The van der Waals surface area contributed by atoms with E-state index in [0.29, 0.717) is 17.4 Å². The molecule has 3 aromatic rings. The standard InChI is InChI=1S/C19H24N6/c1-12(2)13-6-8-14(9-7-13)16-15-17(20)23-24-18(15)22-19(21-16)25-10-4-3-5-11-25/h6-9,12H,3-5,10-11H2,1-2H3,(H3,20,21,22,23,24). The Balaban J connectivity index is 1.84. The minimum absolute atomic E-state index is 0.502. The number of aromatic nitrogens is 4. The predicted octanol–water partition coefficient (Wildman–Crippen LogP) is 3.72. The maximum Gasteiger partial charge on any atom is 0.228 e. The third-order valence-corrected chi connectivity index (χ3v) is 4.92. The fourth-order valence-corrected chi connectivity index (χ4v) is 3.41. The summed E-state index contributed by atoms with van der Waals surface area (Å²) < 4.78 is 0. The van der Waals surface area contributed by atoms with E-state index in [1.165, 1.54) is 24.8 Å². The van der Waals surface area contributed by atoms with E-state index < -0.39 is 0 Å². The number of nitrogens with one attached hydrogen (secondary N) is 1. The smallest absolute Gasteiger partial charge is 0.228 e. The number of aromatic amines is 1. The molecule has 0 radical (unpaired) electrons. The van der Waals surface area contributed by atoms with Gasteiger partial charge in [-0.1, -0.05) is 38.1 Å². The van der Waals surface area contributed by atoms with Crippen LogP contribution in [0.4, 0.5) is 11.8 Å². The topological polar surface area (TPSA) is 83.7 Å². The number of nitrogen functional groups attached to an aromatic ring is 1. The summed E-state index contributed by atoms with van der Waals surface area (Å²) in [5.41, 5.74) is 9.95. The molecule has 1 aromatic carbocycles. The maximum atomic E-state index is 6.11. The van der Waals surface area contributed by atoms with Crippen LogP contribution in [0.2, 0.25) is 0 Å². The van der Waals surface area contributed by atoms with Crippen LogP contribution in [0.15, 0.2) is 24.3 Å². The van der Waals surface area contributed by atoms with Crippen molar-refractivity contribution >= 4 is 22.8 Å². The van der Waals surface area contributed by atoms with Gasteiger partial charge in [0.2, 0.25) is 5.95 Å². The molecule has 2 aromatic heterocycles. The number of nitrogens with two attached hydrogens (primary N) is 1. The summed E-state index contributed by atoms with van der Waals surface area (Å²) in [6, 6.07) is 8.54. The van der Waals surface area contributed by atoms with Crippen LogP contribution in [0, 0.1) is 0 Å². The van der Waals surface area contributed by atoms with Gasteiger partial charge in [0.25, 0.3) is 0 Å². The van der Waals surface area contributed by atoms with E-state index in [9.17, 15) is 0 Å². The van der Waals surface area contributed by atoms with Gasteiger partial charge in [-0.2, -0.15) is 10.1 Å². The monoisotopic (exact) mass is 336 g/mol. The van der Waals surface area contributed by atoms with Gasteiger partial charge < -0.3 is 10.6 Å². The number of piperidine rings is 1. The summed E-state index contributed by atoms with van der Waals surface area (Å²) in [6.45, 7) is 6.38. The first-order valence-corrected chi connectivity index (χ1v) is 9.00. The number of fused-ring (bicyclic) bond motifs is 1. The van der Waals surface area contributed by atoms with Gasteiger partial charge in [-0.25, -0.2) is 4.98 Å². The molecule has 25 heavy (non-hydrogen) atoms. The second-order valence-electron chi connectivity index (χ2n) is 7.03. The molecular weight excluding hydrogens is 312 g/mol. The Kier molecular flexibility index (Phi) is 4.03. The summed E-state index contributed by atoms with van der Waals surface area (Å²) >= 11 is 0. The van der Waals surface area contributed by atoms with Crippen LogP contribution in [0.25, 0.3) is 22.3 Å². The minimum Gasteiger partial charge on any atom is -0.383 e. The first-order valence-electron chi connectivity index (χ1n) is 9.00. The summed E-state index contributed by atoms with van der Waals surface area (Å²) in [6.07, 6.45) is 3.64. The van der Waals surface area contributed by atoms with Crippen molar-refractivity contribution in [1.82, 2.24) is 20.2 Å². The van der Waals surface area contributed by atoms with Crippen molar-refractivity contribution in [2.24, 2.45) is 0 Å². The zero-order valence-electron chi connectivity index (χ0n) is 14.8. The number of hydrogen-bond acceptors (Lipinski definition) is 5. The maximum absolute atomic E-state index is 6.11. The Labute approximate surface area is 147 Å². The molecule has 0 bridgehead atoms. The van der Waals surface area contributed by atoms with Crippen molar-refractivity contribution in [2.45, 2.75) is 39.0 Å². The predicted molar refractivity (Wildman–Crippen MR) is 102 cm³/mol. The molecule has 0 saturated carbocycles. The quantitative estimate of drug-likeness (QED) is 0.761. The van der Waals surface area contributed by atoms with Crippen LogP contribution >= 0.6 is 0 Å². The van der Waals surface area contributed by atoms with E-state index >= 15 is 0 Å². The molecule has 6 nitrogen and oxygen atoms in total. The van der Waals surface area contributed by atoms with Crippen LogP contribution in [-0.4, -0.2) is 33.3 Å². The number of anilines is 2. The molecule has 3 heterocycles. The molecule has 0 amide bonds. The van der Waals surface area contributed by atoms with Crippen molar-refractivity contribution in [1.29, 1.82) is 0 Å². The van der Waals surface area contributed by atoms with Crippen LogP contribution < -0.4 is 10.6 Å². The second-order valence-corrected chi connectivity index (χ2v) is 7.03. The molecule has 1 aliphatic heterocycles. The Bertz CT molecular complexity index is 875. The summed E-state index contributed by atoms with van der Waals surface area (Å²) in [5.74, 6) is 1.77. The van der Waals surface area contributed by atoms with Crippen molar-refractivity contribution in [3.63, 3.8) is 0 Å². The summed E-state index contributed by atoms with van der Waals surface area (Å²) in [5, 5.41) is 7.93. The lowest BCUT2D eigenvalue weighted by Gasteiger charge is -2.26. The van der Waals surface area contributed by atoms with E-state index in [4.69, 9.17) is 10.7 Å². The Morgan fingerprint density at radius 2 is 1.76 bits per heavy atom. The highest BCUT2D eigenvalue weighted by molar-refractivity contribution is 5.98. The SMILES string of the molecule is CC(C)c1ccc(-c2nc(N3CCCCC3)nc3n[nH]c(N)c23)cc1.